The van der Waals surface area contributed by atoms with Gasteiger partial charge in [0.15, 0.2) is 5.82 Å². The van der Waals surface area contributed by atoms with Crippen molar-refractivity contribution in [1.82, 2.24) is 14.9 Å². The molecule has 2 fully saturated rings. The van der Waals surface area contributed by atoms with E-state index in [1.54, 1.807) is 16.7 Å². The number of nitrogens with one attached hydrogen (secondary N) is 1. The summed E-state index contributed by atoms with van der Waals surface area (Å²) in [5.41, 5.74) is 9.08. The Labute approximate surface area is 206 Å². The van der Waals surface area contributed by atoms with Crippen molar-refractivity contribution in [3.05, 3.63) is 64.7 Å². The number of imidazole rings is 1. The Morgan fingerprint density at radius 1 is 1.24 bits per heavy atom. The highest BCUT2D eigenvalue weighted by atomic mass is 32.2. The molecule has 4 rings (SSSR count). The Hall–Kier alpha value is -2.74. The summed E-state index contributed by atoms with van der Waals surface area (Å²) in [7, 11) is 0. The number of hydrogen-bond acceptors (Lipinski definition) is 6. The monoisotopic (exact) mass is 481 g/mol. The second kappa shape index (κ2) is 10.7. The van der Waals surface area contributed by atoms with Crippen LogP contribution in [0.15, 0.2) is 52.6 Å². The zero-order valence-corrected chi connectivity index (χ0v) is 21.1. The number of nitrogens with zero attached hydrogens (tertiary/aromatic N) is 3. The molecule has 1 saturated heterocycles. The summed E-state index contributed by atoms with van der Waals surface area (Å²) in [6.07, 6.45) is 7.81. The van der Waals surface area contributed by atoms with Crippen molar-refractivity contribution in [3.8, 4) is 0 Å². The van der Waals surface area contributed by atoms with Gasteiger partial charge in [-0.05, 0) is 58.1 Å². The summed E-state index contributed by atoms with van der Waals surface area (Å²) >= 11 is 1.66. The average molecular weight is 482 g/mol. The van der Waals surface area contributed by atoms with Crippen LogP contribution in [0.1, 0.15) is 69.5 Å². The largest absolute Gasteiger partial charge is 0.444 e. The number of amides is 1. The van der Waals surface area contributed by atoms with Crippen LogP contribution < -0.4 is 5.73 Å². The zero-order valence-electron chi connectivity index (χ0n) is 20.3. The van der Waals surface area contributed by atoms with Gasteiger partial charge in [-0.3, -0.25) is 4.99 Å². The van der Waals surface area contributed by atoms with E-state index in [2.05, 4.69) is 22.1 Å². The topological polar surface area (TPSA) is 96.6 Å². The van der Waals surface area contributed by atoms with Crippen molar-refractivity contribution >= 4 is 23.6 Å². The molecule has 0 unspecified atom stereocenters. The normalized spacial score (nSPS) is 18.3. The second-order valence-corrected chi connectivity index (χ2v) is 11.4. The maximum atomic E-state index is 12.3. The lowest BCUT2D eigenvalue weighted by Gasteiger charge is -2.33. The third kappa shape index (κ3) is 7.13. The van der Waals surface area contributed by atoms with Crippen molar-refractivity contribution in [2.24, 2.45) is 10.7 Å². The molecule has 2 aliphatic rings. The minimum absolute atomic E-state index is 0.237. The molecule has 1 aliphatic carbocycles. The van der Waals surface area contributed by atoms with Crippen molar-refractivity contribution in [3.63, 3.8) is 0 Å². The van der Waals surface area contributed by atoms with Crippen molar-refractivity contribution in [2.45, 2.75) is 69.8 Å². The number of benzene rings is 1. The van der Waals surface area contributed by atoms with Crippen molar-refractivity contribution < 1.29 is 9.53 Å². The first-order chi connectivity index (χ1) is 16.3. The molecule has 34 heavy (non-hydrogen) atoms. The first kappa shape index (κ1) is 24.4. The highest BCUT2D eigenvalue weighted by Crippen LogP contribution is 2.39. The highest BCUT2D eigenvalue weighted by molar-refractivity contribution is 8.03. The van der Waals surface area contributed by atoms with Gasteiger partial charge in [-0.25, -0.2) is 9.78 Å². The van der Waals surface area contributed by atoms with Crippen LogP contribution in [0.2, 0.25) is 0 Å². The Kier molecular flexibility index (Phi) is 7.66. The molecule has 1 amide bonds. The van der Waals surface area contributed by atoms with Crippen LogP contribution in [0.5, 0.6) is 0 Å². The smallest absolute Gasteiger partial charge is 0.410 e. The van der Waals surface area contributed by atoms with E-state index >= 15 is 0 Å². The maximum Gasteiger partial charge on any atom is 0.410 e. The van der Waals surface area contributed by atoms with Crippen LogP contribution in [0, 0.1) is 0 Å². The third-order valence-electron chi connectivity index (χ3n) is 5.81. The lowest BCUT2D eigenvalue weighted by molar-refractivity contribution is 0.0219. The third-order valence-corrected chi connectivity index (χ3v) is 7.00. The molecule has 1 aromatic heterocycles. The molecule has 0 bridgehead atoms. The summed E-state index contributed by atoms with van der Waals surface area (Å²) in [6, 6.07) is 10.2. The number of nitrogens with two attached hydrogens (primary N) is 1. The van der Waals surface area contributed by atoms with Crippen LogP contribution in [-0.2, 0) is 11.3 Å². The van der Waals surface area contributed by atoms with Crippen LogP contribution in [0.25, 0.3) is 0 Å². The van der Waals surface area contributed by atoms with Gasteiger partial charge in [0.2, 0.25) is 0 Å². The molecule has 3 N–H and O–H groups in total. The quantitative estimate of drug-likeness (QED) is 0.529. The molecule has 8 heteroatoms. The molecule has 0 radical (unpaired) electrons. The van der Waals surface area contributed by atoms with Gasteiger partial charge in [-0.15, -0.1) is 11.8 Å². The van der Waals surface area contributed by atoms with Crippen LogP contribution in [0.4, 0.5) is 4.79 Å². The SMILES string of the molecule is CC(C)(C)OC(=O)N1CCC(S/C(N)=C/C(=NCc2ccccc2)c2ncc(C3CC3)[nH]2)CC1. The van der Waals surface area contributed by atoms with Gasteiger partial charge in [0.25, 0.3) is 0 Å². The summed E-state index contributed by atoms with van der Waals surface area (Å²) in [5, 5.41) is 1.07. The first-order valence-corrected chi connectivity index (χ1v) is 12.9. The number of piperidine rings is 1. The fourth-order valence-electron chi connectivity index (χ4n) is 3.86. The Balaban J connectivity index is 1.40. The summed E-state index contributed by atoms with van der Waals surface area (Å²) in [5.74, 6) is 1.36. The fourth-order valence-corrected chi connectivity index (χ4v) is 4.87. The van der Waals surface area contributed by atoms with Crippen molar-refractivity contribution in [2.75, 3.05) is 13.1 Å². The highest BCUT2D eigenvalue weighted by Gasteiger charge is 2.28. The molecule has 2 heterocycles. The summed E-state index contributed by atoms with van der Waals surface area (Å²) in [4.78, 5) is 27.0. The molecule has 1 aromatic carbocycles. The Morgan fingerprint density at radius 3 is 2.59 bits per heavy atom. The summed E-state index contributed by atoms with van der Waals surface area (Å²) < 4.78 is 5.50. The number of carbonyl (C=O) groups is 1. The number of rotatable bonds is 7. The number of hydrogen-bond donors (Lipinski definition) is 2. The maximum absolute atomic E-state index is 12.3. The zero-order chi connectivity index (χ0) is 24.1. The van der Waals surface area contributed by atoms with Gasteiger partial charge >= 0.3 is 6.09 Å². The predicted octanol–water partition coefficient (Wildman–Crippen LogP) is 5.21. The first-order valence-electron chi connectivity index (χ1n) is 12.0. The minimum Gasteiger partial charge on any atom is -0.444 e. The molecule has 1 aliphatic heterocycles. The molecule has 1 saturated carbocycles. The van der Waals surface area contributed by atoms with Crippen molar-refractivity contribution in [1.29, 1.82) is 0 Å². The Morgan fingerprint density at radius 2 is 1.94 bits per heavy atom. The van der Waals surface area contributed by atoms with Gasteiger partial charge in [-0.2, -0.15) is 0 Å². The molecular formula is C26H35N5O2S. The number of allylic oxidation sites excluding steroid dienone is 1. The second-order valence-electron chi connectivity index (χ2n) is 9.98. The molecule has 2 aromatic rings. The molecule has 0 atom stereocenters. The lowest BCUT2D eigenvalue weighted by atomic mass is 10.1. The minimum atomic E-state index is -0.476. The number of carbonyl (C=O) groups excluding carboxylic acids is 1. The number of aromatic amines is 1. The van der Waals surface area contributed by atoms with Gasteiger partial charge in [0.05, 0.1) is 11.6 Å². The number of thioether (sulfide) groups is 1. The van der Waals surface area contributed by atoms with E-state index in [0.29, 0.717) is 35.8 Å². The molecule has 7 nitrogen and oxygen atoms in total. The number of aromatic nitrogens is 2. The van der Waals surface area contributed by atoms with E-state index in [4.69, 9.17) is 15.5 Å². The van der Waals surface area contributed by atoms with Crippen LogP contribution >= 0.6 is 11.8 Å². The van der Waals surface area contributed by atoms with E-state index in [1.807, 2.05) is 51.2 Å². The van der Waals surface area contributed by atoms with E-state index in [1.165, 1.54) is 18.5 Å². The number of likely N-dealkylation sites (tertiary alicyclic amines) is 1. The van der Waals surface area contributed by atoms with E-state index in [9.17, 15) is 4.79 Å². The van der Waals surface area contributed by atoms with E-state index in [-0.39, 0.29) is 6.09 Å². The number of aliphatic imine (C=N–C) groups is 1. The lowest BCUT2D eigenvalue weighted by Crippen LogP contribution is -2.42. The standard InChI is InChI=1S/C26H35N5O2S/c1-26(2,3)33-25(32)31-13-11-20(12-14-31)34-23(27)15-21(28-16-18-7-5-4-6-8-18)24-29-17-22(30-24)19-9-10-19/h4-8,15,17,19-20H,9-14,16,27H2,1-3H3,(H,29,30)/b23-15+,28-21?. The van der Waals surface area contributed by atoms with Crippen LogP contribution in [0.3, 0.4) is 0 Å². The van der Waals surface area contributed by atoms with Crippen LogP contribution in [-0.4, -0.2) is 50.6 Å². The van der Waals surface area contributed by atoms with Gasteiger partial charge in [0, 0.05) is 36.1 Å². The number of ether oxygens (including phenoxy) is 1. The average Bonchev–Trinajstić information content (AvgIpc) is 3.53. The molecular weight excluding hydrogens is 446 g/mol. The van der Waals surface area contributed by atoms with Gasteiger partial charge in [-0.1, -0.05) is 30.3 Å². The fraction of sp³-hybridized carbons (Fsp3) is 0.500. The summed E-state index contributed by atoms with van der Waals surface area (Å²) in [6.45, 7) is 7.60. The number of H-pyrrole nitrogens is 1. The van der Waals surface area contributed by atoms with E-state index in [0.717, 1.165) is 29.9 Å². The molecule has 182 valence electrons. The Bertz CT molecular complexity index is 1030. The van der Waals surface area contributed by atoms with Gasteiger partial charge < -0.3 is 20.4 Å². The predicted molar refractivity (Wildman–Crippen MR) is 138 cm³/mol. The van der Waals surface area contributed by atoms with Gasteiger partial charge in [0.1, 0.15) is 11.3 Å². The molecule has 0 spiro atoms. The van der Waals surface area contributed by atoms with E-state index < -0.39 is 5.60 Å².